The fourth-order valence-electron chi connectivity index (χ4n) is 5.75. The van der Waals surface area contributed by atoms with Crippen LogP contribution in [0.5, 0.6) is 0 Å². The number of ether oxygens (including phenoxy) is 2. The molecule has 270 valence electrons. The molecule has 0 radical (unpaired) electrons. The van der Waals surface area contributed by atoms with E-state index >= 15 is 0 Å². The Morgan fingerprint density at radius 1 is 0.348 bits per heavy atom. The van der Waals surface area contributed by atoms with Gasteiger partial charge in [-0.2, -0.15) is 0 Å². The predicted molar refractivity (Wildman–Crippen MR) is 199 cm³/mol. The summed E-state index contributed by atoms with van der Waals surface area (Å²) in [6, 6.07) is 0. The van der Waals surface area contributed by atoms with Crippen molar-refractivity contribution >= 4 is 11.9 Å². The van der Waals surface area contributed by atoms with Gasteiger partial charge in [-0.05, 0) is 77.0 Å². The van der Waals surface area contributed by atoms with E-state index < -0.39 is 0 Å². The molecule has 0 aliphatic carbocycles. The van der Waals surface area contributed by atoms with E-state index in [0.29, 0.717) is 38.9 Å². The lowest BCUT2D eigenvalue weighted by Gasteiger charge is -2.06. The molecule has 0 unspecified atom stereocenters. The highest BCUT2D eigenvalue weighted by molar-refractivity contribution is 5.70. The fraction of sp³-hybridized carbons (Fsp3) is 0.857. The van der Waals surface area contributed by atoms with Crippen molar-refractivity contribution in [1.29, 1.82) is 0 Å². The van der Waals surface area contributed by atoms with Crippen LogP contribution in [0.2, 0.25) is 0 Å². The number of hydrogen-bond donors (Lipinski definition) is 0. The van der Waals surface area contributed by atoms with Gasteiger partial charge in [0.05, 0.1) is 13.2 Å². The van der Waals surface area contributed by atoms with Crippen molar-refractivity contribution < 1.29 is 19.1 Å². The van der Waals surface area contributed by atoms with Crippen molar-refractivity contribution in [3.8, 4) is 0 Å². The molecule has 0 bridgehead atoms. The van der Waals surface area contributed by atoms with E-state index in [2.05, 4.69) is 38.2 Å². The molecule has 0 fully saturated rings. The molecule has 0 aliphatic heterocycles. The van der Waals surface area contributed by atoms with Gasteiger partial charge in [0, 0.05) is 12.8 Å². The first-order valence-corrected chi connectivity index (χ1v) is 20.3. The van der Waals surface area contributed by atoms with E-state index in [1.54, 1.807) is 0 Å². The Balaban J connectivity index is 3.32. The maximum absolute atomic E-state index is 11.9. The van der Waals surface area contributed by atoms with Crippen LogP contribution < -0.4 is 0 Å². The summed E-state index contributed by atoms with van der Waals surface area (Å²) in [7, 11) is 0. The van der Waals surface area contributed by atoms with Gasteiger partial charge >= 0.3 is 11.9 Å². The van der Waals surface area contributed by atoms with Crippen LogP contribution in [-0.2, 0) is 19.1 Å². The zero-order chi connectivity index (χ0) is 33.4. The molecule has 4 heteroatoms. The minimum atomic E-state index is -0.134. The maximum Gasteiger partial charge on any atom is 0.305 e. The van der Waals surface area contributed by atoms with Gasteiger partial charge in [-0.25, -0.2) is 0 Å². The molecule has 4 nitrogen and oxygen atoms in total. The third kappa shape index (κ3) is 38.6. The summed E-state index contributed by atoms with van der Waals surface area (Å²) in [5.74, 6) is -0.268. The number of carbonyl (C=O) groups excluding carboxylic acids is 2. The van der Waals surface area contributed by atoms with Crippen LogP contribution in [0, 0.1) is 0 Å². The van der Waals surface area contributed by atoms with E-state index in [4.69, 9.17) is 9.47 Å². The molecule has 0 aromatic heterocycles. The van der Waals surface area contributed by atoms with Crippen molar-refractivity contribution in [1.82, 2.24) is 0 Å². The number of carbonyl (C=O) groups is 2. The monoisotopic (exact) mass is 647 g/mol. The topological polar surface area (TPSA) is 52.6 Å². The van der Waals surface area contributed by atoms with Gasteiger partial charge < -0.3 is 9.47 Å². The van der Waals surface area contributed by atoms with Crippen LogP contribution in [0.15, 0.2) is 24.3 Å². The lowest BCUT2D eigenvalue weighted by Crippen LogP contribution is -2.08. The van der Waals surface area contributed by atoms with Crippen LogP contribution in [0.3, 0.4) is 0 Å². The highest BCUT2D eigenvalue weighted by Gasteiger charge is 2.06. The Kier molecular flexibility index (Phi) is 38.2. The number of allylic oxidation sites excluding steroid dienone is 4. The summed E-state index contributed by atoms with van der Waals surface area (Å²) in [6.45, 7) is 5.59. The molecular formula is C42H78O4. The average Bonchev–Trinajstić information content (AvgIpc) is 3.06. The van der Waals surface area contributed by atoms with Crippen molar-refractivity contribution in [3.05, 3.63) is 24.3 Å². The minimum Gasteiger partial charge on any atom is -0.466 e. The summed E-state index contributed by atoms with van der Waals surface area (Å²) in [6.07, 6.45) is 47.4. The zero-order valence-corrected chi connectivity index (χ0v) is 31.0. The number of unbranched alkanes of at least 4 members (excludes halogenated alkanes) is 25. The second kappa shape index (κ2) is 39.6. The second-order valence-electron chi connectivity index (χ2n) is 13.5. The Labute approximate surface area is 287 Å². The molecular weight excluding hydrogens is 568 g/mol. The molecule has 0 aliphatic rings. The number of esters is 2. The van der Waals surface area contributed by atoms with Crippen molar-refractivity contribution in [2.45, 2.75) is 219 Å². The summed E-state index contributed by atoms with van der Waals surface area (Å²) in [5, 5.41) is 0. The van der Waals surface area contributed by atoms with E-state index in [0.717, 1.165) is 25.7 Å². The average molecular weight is 647 g/mol. The lowest BCUT2D eigenvalue weighted by atomic mass is 10.1. The third-order valence-electron chi connectivity index (χ3n) is 8.85. The smallest absolute Gasteiger partial charge is 0.305 e. The Morgan fingerprint density at radius 2 is 0.609 bits per heavy atom. The normalized spacial score (nSPS) is 11.6. The Morgan fingerprint density at radius 3 is 0.913 bits per heavy atom. The molecule has 0 heterocycles. The zero-order valence-electron chi connectivity index (χ0n) is 31.0. The summed E-state index contributed by atoms with van der Waals surface area (Å²) in [4.78, 5) is 23.9. The van der Waals surface area contributed by atoms with Crippen LogP contribution in [0.25, 0.3) is 0 Å². The first-order valence-electron chi connectivity index (χ1n) is 20.3. The first-order chi connectivity index (χ1) is 22.7. The van der Waals surface area contributed by atoms with Crippen LogP contribution in [0.1, 0.15) is 219 Å². The minimum absolute atomic E-state index is 0.134. The van der Waals surface area contributed by atoms with E-state index in [1.807, 2.05) is 0 Å². The first kappa shape index (κ1) is 44.4. The van der Waals surface area contributed by atoms with Gasteiger partial charge in [0.1, 0.15) is 0 Å². The maximum atomic E-state index is 11.9. The van der Waals surface area contributed by atoms with Crippen LogP contribution in [0.4, 0.5) is 0 Å². The molecule has 0 aromatic carbocycles. The molecule has 46 heavy (non-hydrogen) atoms. The van der Waals surface area contributed by atoms with Crippen molar-refractivity contribution in [2.75, 3.05) is 13.2 Å². The molecule has 0 spiro atoms. The third-order valence-corrected chi connectivity index (χ3v) is 8.85. The summed E-state index contributed by atoms with van der Waals surface area (Å²) >= 11 is 0. The number of hydrogen-bond acceptors (Lipinski definition) is 4. The molecule has 0 rings (SSSR count). The lowest BCUT2D eigenvalue weighted by molar-refractivity contribution is -0.146. The molecule has 0 saturated carbocycles. The SMILES string of the molecule is CCCCCCCCC=CCCCCCCCCOC(=O)CCCCC(=O)OCCCCCCCCC=CCCCCCCCC. The van der Waals surface area contributed by atoms with Crippen molar-refractivity contribution in [3.63, 3.8) is 0 Å². The van der Waals surface area contributed by atoms with Crippen LogP contribution >= 0.6 is 0 Å². The highest BCUT2D eigenvalue weighted by atomic mass is 16.5. The van der Waals surface area contributed by atoms with Gasteiger partial charge in [0.2, 0.25) is 0 Å². The van der Waals surface area contributed by atoms with Gasteiger partial charge in [-0.3, -0.25) is 9.59 Å². The molecule has 0 amide bonds. The summed E-state index contributed by atoms with van der Waals surface area (Å²) in [5.41, 5.74) is 0. The Bertz CT molecular complexity index is 625. The summed E-state index contributed by atoms with van der Waals surface area (Å²) < 4.78 is 10.7. The molecule has 0 saturated heterocycles. The molecule has 0 aromatic rings. The van der Waals surface area contributed by atoms with Gasteiger partial charge in [-0.1, -0.05) is 154 Å². The predicted octanol–water partition coefficient (Wildman–Crippen LogP) is 13.7. The van der Waals surface area contributed by atoms with Crippen molar-refractivity contribution in [2.24, 2.45) is 0 Å². The van der Waals surface area contributed by atoms with Gasteiger partial charge in [-0.15, -0.1) is 0 Å². The van der Waals surface area contributed by atoms with Gasteiger partial charge in [0.15, 0.2) is 0 Å². The Hall–Kier alpha value is -1.58. The largest absolute Gasteiger partial charge is 0.466 e. The fourth-order valence-corrected chi connectivity index (χ4v) is 5.75. The van der Waals surface area contributed by atoms with Gasteiger partial charge in [0.25, 0.3) is 0 Å². The number of rotatable bonds is 37. The highest BCUT2D eigenvalue weighted by Crippen LogP contribution is 2.12. The quantitative estimate of drug-likeness (QED) is 0.0383. The van der Waals surface area contributed by atoms with E-state index in [1.165, 1.54) is 154 Å². The van der Waals surface area contributed by atoms with Crippen LogP contribution in [-0.4, -0.2) is 25.2 Å². The molecule has 0 atom stereocenters. The van der Waals surface area contributed by atoms with E-state index in [9.17, 15) is 9.59 Å². The second-order valence-corrected chi connectivity index (χ2v) is 13.5. The standard InChI is InChI=1S/C42H78O4/c1-3-5-7-9-11-13-15-17-19-21-23-25-27-29-31-35-39-45-41(43)37-33-34-38-42(44)46-40-36-32-30-28-26-24-22-20-18-16-14-12-10-8-6-4-2/h17-20H,3-16,21-40H2,1-2H3. The van der Waals surface area contributed by atoms with E-state index in [-0.39, 0.29) is 11.9 Å². The molecule has 0 N–H and O–H groups in total.